The average molecular weight is 279 g/mol. The van der Waals surface area contributed by atoms with Crippen molar-refractivity contribution in [2.75, 3.05) is 5.88 Å². The van der Waals surface area contributed by atoms with Crippen molar-refractivity contribution < 1.29 is 0 Å². The number of benzene rings is 1. The smallest absolute Gasteiger partial charge is 0.0255 e. The van der Waals surface area contributed by atoms with E-state index in [1.807, 2.05) is 0 Å². The zero-order valence-corrected chi connectivity index (χ0v) is 12.3. The van der Waals surface area contributed by atoms with Gasteiger partial charge in [0.05, 0.1) is 0 Å². The molecular weight excluding hydrogens is 260 g/mol. The summed E-state index contributed by atoms with van der Waals surface area (Å²) in [5.74, 6) is 1.33. The molecule has 0 saturated heterocycles. The van der Waals surface area contributed by atoms with Gasteiger partial charge in [0.2, 0.25) is 0 Å². The van der Waals surface area contributed by atoms with Crippen molar-refractivity contribution >= 4 is 22.9 Å². The van der Waals surface area contributed by atoms with Gasteiger partial charge in [0.15, 0.2) is 0 Å². The van der Waals surface area contributed by atoms with Crippen LogP contribution >= 0.6 is 22.9 Å². The predicted octanol–water partition coefficient (Wildman–Crippen LogP) is 5.09. The van der Waals surface area contributed by atoms with Crippen LogP contribution in [-0.4, -0.2) is 5.88 Å². The van der Waals surface area contributed by atoms with Gasteiger partial charge in [-0.25, -0.2) is 0 Å². The minimum Gasteiger partial charge on any atom is -0.152 e. The van der Waals surface area contributed by atoms with Gasteiger partial charge in [-0.3, -0.25) is 0 Å². The number of thiophene rings is 1. The van der Waals surface area contributed by atoms with Crippen molar-refractivity contribution in [3.63, 3.8) is 0 Å². The highest BCUT2D eigenvalue weighted by atomic mass is 35.5. The molecule has 0 aliphatic heterocycles. The normalized spacial score (nSPS) is 12.6. The third-order valence-corrected chi connectivity index (χ3v) is 4.41. The lowest BCUT2D eigenvalue weighted by Gasteiger charge is -2.13. The monoisotopic (exact) mass is 278 g/mol. The van der Waals surface area contributed by atoms with Gasteiger partial charge in [-0.2, -0.15) is 11.3 Å². The Labute approximate surface area is 119 Å². The first kappa shape index (κ1) is 13.6. The van der Waals surface area contributed by atoms with E-state index in [4.69, 9.17) is 11.6 Å². The summed E-state index contributed by atoms with van der Waals surface area (Å²) in [6, 6.07) is 11.0. The van der Waals surface area contributed by atoms with Gasteiger partial charge >= 0.3 is 0 Å². The first-order chi connectivity index (χ1) is 8.78. The lowest BCUT2D eigenvalue weighted by Crippen LogP contribution is -2.08. The summed E-state index contributed by atoms with van der Waals surface area (Å²) < 4.78 is 0. The molecule has 2 aromatic rings. The molecule has 1 atom stereocenters. The minimum atomic E-state index is 0.577. The van der Waals surface area contributed by atoms with Crippen LogP contribution < -0.4 is 0 Å². The number of aryl methyl sites for hydroxylation is 2. The molecule has 0 bridgehead atoms. The maximum atomic E-state index is 6.10. The van der Waals surface area contributed by atoms with Crippen LogP contribution in [0.4, 0.5) is 0 Å². The molecule has 96 valence electrons. The van der Waals surface area contributed by atoms with Gasteiger partial charge in [0.1, 0.15) is 0 Å². The lowest BCUT2D eigenvalue weighted by atomic mass is 9.94. The zero-order chi connectivity index (χ0) is 12.8. The molecule has 0 aliphatic rings. The van der Waals surface area contributed by atoms with Gasteiger partial charge in [-0.1, -0.05) is 29.8 Å². The molecule has 0 amide bonds. The van der Waals surface area contributed by atoms with Gasteiger partial charge in [-0.05, 0) is 60.1 Å². The van der Waals surface area contributed by atoms with Crippen LogP contribution in [0.2, 0.25) is 0 Å². The predicted molar refractivity (Wildman–Crippen MR) is 81.7 cm³/mol. The highest BCUT2D eigenvalue weighted by molar-refractivity contribution is 7.07. The van der Waals surface area contributed by atoms with Gasteiger partial charge in [-0.15, -0.1) is 11.6 Å². The number of alkyl halides is 1. The van der Waals surface area contributed by atoms with E-state index in [0.717, 1.165) is 18.7 Å². The van der Waals surface area contributed by atoms with E-state index in [9.17, 15) is 0 Å². The highest BCUT2D eigenvalue weighted by Crippen LogP contribution is 2.18. The van der Waals surface area contributed by atoms with E-state index in [2.05, 4.69) is 48.0 Å². The van der Waals surface area contributed by atoms with Crippen molar-refractivity contribution in [3.8, 4) is 0 Å². The maximum absolute atomic E-state index is 6.10. The molecule has 1 aromatic heterocycles. The molecule has 0 fully saturated rings. The molecular formula is C16H19ClS. The Morgan fingerprint density at radius 1 is 1.22 bits per heavy atom. The van der Waals surface area contributed by atoms with E-state index in [-0.39, 0.29) is 0 Å². The van der Waals surface area contributed by atoms with E-state index >= 15 is 0 Å². The summed E-state index contributed by atoms with van der Waals surface area (Å²) in [5, 5.41) is 4.38. The quantitative estimate of drug-likeness (QED) is 0.646. The Bertz CT molecular complexity index is 462. The summed E-state index contributed by atoms with van der Waals surface area (Å²) in [5.41, 5.74) is 4.18. The maximum Gasteiger partial charge on any atom is 0.0255 e. The summed E-state index contributed by atoms with van der Waals surface area (Å²) >= 11 is 7.87. The molecule has 0 radical (unpaired) electrons. The van der Waals surface area contributed by atoms with E-state index in [1.165, 1.54) is 23.1 Å². The van der Waals surface area contributed by atoms with Crippen molar-refractivity contribution in [1.29, 1.82) is 0 Å². The van der Waals surface area contributed by atoms with Crippen molar-refractivity contribution in [1.82, 2.24) is 0 Å². The average Bonchev–Trinajstić information content (AvgIpc) is 2.87. The molecule has 1 heterocycles. The van der Waals surface area contributed by atoms with Crippen LogP contribution in [0.5, 0.6) is 0 Å². The number of halogens is 1. The standard InChI is InChI=1S/C16H19ClS/c1-13-3-2-4-15(9-13)10-16(11-17)6-5-14-7-8-18-12-14/h2-4,7-9,12,16H,5-6,10-11H2,1H3. The number of hydrogen-bond acceptors (Lipinski definition) is 1. The first-order valence-electron chi connectivity index (χ1n) is 6.40. The Morgan fingerprint density at radius 3 is 2.78 bits per heavy atom. The first-order valence-corrected chi connectivity index (χ1v) is 7.88. The van der Waals surface area contributed by atoms with Gasteiger partial charge < -0.3 is 0 Å². The van der Waals surface area contributed by atoms with Crippen molar-refractivity contribution in [2.45, 2.75) is 26.2 Å². The molecule has 0 aliphatic carbocycles. The molecule has 0 saturated carbocycles. The van der Waals surface area contributed by atoms with Gasteiger partial charge in [0, 0.05) is 5.88 Å². The second kappa shape index (κ2) is 6.96. The molecule has 18 heavy (non-hydrogen) atoms. The van der Waals surface area contributed by atoms with Crippen LogP contribution in [0, 0.1) is 12.8 Å². The molecule has 2 heteroatoms. The van der Waals surface area contributed by atoms with Crippen molar-refractivity contribution in [3.05, 3.63) is 57.8 Å². The molecule has 0 N–H and O–H groups in total. The van der Waals surface area contributed by atoms with E-state index in [0.29, 0.717) is 5.92 Å². The van der Waals surface area contributed by atoms with Crippen LogP contribution in [0.15, 0.2) is 41.1 Å². The molecule has 1 unspecified atom stereocenters. The summed E-state index contributed by atoms with van der Waals surface area (Å²) in [7, 11) is 0. The Morgan fingerprint density at radius 2 is 2.11 bits per heavy atom. The minimum absolute atomic E-state index is 0.577. The van der Waals surface area contributed by atoms with Crippen molar-refractivity contribution in [2.24, 2.45) is 5.92 Å². The molecule has 0 spiro atoms. The number of hydrogen-bond donors (Lipinski definition) is 0. The molecule has 2 rings (SSSR count). The fourth-order valence-corrected chi connectivity index (χ4v) is 3.18. The third kappa shape index (κ3) is 4.15. The van der Waals surface area contributed by atoms with Crippen LogP contribution in [0.25, 0.3) is 0 Å². The summed E-state index contributed by atoms with van der Waals surface area (Å²) in [4.78, 5) is 0. The summed E-state index contributed by atoms with van der Waals surface area (Å²) in [6.45, 7) is 2.14. The zero-order valence-electron chi connectivity index (χ0n) is 10.7. The fraction of sp³-hybridized carbons (Fsp3) is 0.375. The number of rotatable bonds is 6. The lowest BCUT2D eigenvalue weighted by molar-refractivity contribution is 0.537. The van der Waals surface area contributed by atoms with Crippen LogP contribution in [-0.2, 0) is 12.8 Å². The van der Waals surface area contributed by atoms with Crippen LogP contribution in [0.3, 0.4) is 0 Å². The fourth-order valence-electron chi connectivity index (χ4n) is 2.21. The third-order valence-electron chi connectivity index (χ3n) is 3.25. The second-order valence-electron chi connectivity index (χ2n) is 4.88. The topological polar surface area (TPSA) is 0 Å². The Kier molecular flexibility index (Phi) is 5.27. The van der Waals surface area contributed by atoms with Gasteiger partial charge in [0.25, 0.3) is 0 Å². The molecule has 0 nitrogen and oxygen atoms in total. The Balaban J connectivity index is 1.89. The molecule has 1 aromatic carbocycles. The Hall–Kier alpha value is -0.790. The van der Waals surface area contributed by atoms with Crippen LogP contribution in [0.1, 0.15) is 23.1 Å². The SMILES string of the molecule is Cc1cccc(CC(CCl)CCc2ccsc2)c1. The second-order valence-corrected chi connectivity index (χ2v) is 5.97. The largest absolute Gasteiger partial charge is 0.152 e. The highest BCUT2D eigenvalue weighted by Gasteiger charge is 2.09. The summed E-state index contributed by atoms with van der Waals surface area (Å²) in [6.07, 6.45) is 3.41. The van der Waals surface area contributed by atoms with E-state index < -0.39 is 0 Å². The van der Waals surface area contributed by atoms with E-state index in [1.54, 1.807) is 11.3 Å².